The molecule has 2 heterocycles. The third kappa shape index (κ3) is 3.06. The van der Waals surface area contributed by atoms with Crippen LogP contribution in [0, 0.1) is 5.92 Å². The van der Waals surface area contributed by atoms with Gasteiger partial charge in [0.05, 0.1) is 11.9 Å². The average Bonchev–Trinajstić information content (AvgIpc) is 2.84. The Morgan fingerprint density at radius 3 is 3.12 bits per heavy atom. The second kappa shape index (κ2) is 5.46. The molecule has 3 nitrogen and oxygen atoms in total. The standard InChI is InChI=1S/C12H19N3S/c1-9-7-12(13)15-11(9)4-5-14-8-10-3-2-6-16-10/h2-3,6,9,11,14H,4-5,7-8H2,1H3,(H2,13,15)/t9-,11-/m0/s1. The number of nitrogens with zero attached hydrogens (tertiary/aromatic N) is 1. The molecule has 2 atom stereocenters. The zero-order chi connectivity index (χ0) is 11.4. The van der Waals surface area contributed by atoms with Crippen molar-refractivity contribution in [2.45, 2.75) is 32.4 Å². The van der Waals surface area contributed by atoms with Crippen molar-refractivity contribution in [1.82, 2.24) is 5.32 Å². The Bertz CT molecular complexity index is 345. The van der Waals surface area contributed by atoms with Gasteiger partial charge in [-0.15, -0.1) is 11.3 Å². The van der Waals surface area contributed by atoms with E-state index in [2.05, 4.69) is 34.7 Å². The molecule has 0 saturated carbocycles. The second-order valence-corrected chi connectivity index (χ2v) is 5.45. The number of nitrogens with one attached hydrogen (secondary N) is 1. The smallest absolute Gasteiger partial charge is 0.0944 e. The van der Waals surface area contributed by atoms with Crippen molar-refractivity contribution >= 4 is 17.2 Å². The van der Waals surface area contributed by atoms with Crippen molar-refractivity contribution < 1.29 is 0 Å². The SMILES string of the molecule is C[C@H]1CC(N)=N[C@H]1CCNCc1cccs1. The molecule has 3 N–H and O–H groups in total. The fraction of sp³-hybridized carbons (Fsp3) is 0.583. The molecule has 0 radical (unpaired) electrons. The van der Waals surface area contributed by atoms with E-state index >= 15 is 0 Å². The molecule has 2 rings (SSSR count). The molecule has 0 unspecified atom stereocenters. The molecule has 1 aliphatic rings. The number of hydrogen-bond donors (Lipinski definition) is 2. The van der Waals surface area contributed by atoms with Gasteiger partial charge < -0.3 is 11.1 Å². The zero-order valence-corrected chi connectivity index (χ0v) is 10.5. The van der Waals surface area contributed by atoms with Crippen LogP contribution in [0.2, 0.25) is 0 Å². The molecule has 1 aliphatic heterocycles. The molecule has 88 valence electrons. The second-order valence-electron chi connectivity index (χ2n) is 4.41. The van der Waals surface area contributed by atoms with Crippen molar-refractivity contribution in [1.29, 1.82) is 0 Å². The number of amidine groups is 1. The molecule has 4 heteroatoms. The largest absolute Gasteiger partial charge is 0.387 e. The minimum Gasteiger partial charge on any atom is -0.387 e. The maximum Gasteiger partial charge on any atom is 0.0944 e. The lowest BCUT2D eigenvalue weighted by Crippen LogP contribution is -2.21. The summed E-state index contributed by atoms with van der Waals surface area (Å²) in [5.41, 5.74) is 5.73. The summed E-state index contributed by atoms with van der Waals surface area (Å²) in [4.78, 5) is 5.85. The highest BCUT2D eigenvalue weighted by molar-refractivity contribution is 7.09. The fourth-order valence-electron chi connectivity index (χ4n) is 2.08. The monoisotopic (exact) mass is 237 g/mol. The van der Waals surface area contributed by atoms with E-state index in [4.69, 9.17) is 5.73 Å². The van der Waals surface area contributed by atoms with Crippen molar-refractivity contribution in [3.63, 3.8) is 0 Å². The number of thiophene rings is 1. The first-order chi connectivity index (χ1) is 7.75. The summed E-state index contributed by atoms with van der Waals surface area (Å²) in [6.45, 7) is 4.22. The maximum absolute atomic E-state index is 5.73. The van der Waals surface area contributed by atoms with Crippen LogP contribution in [0.4, 0.5) is 0 Å². The van der Waals surface area contributed by atoms with E-state index < -0.39 is 0 Å². The zero-order valence-electron chi connectivity index (χ0n) is 9.65. The van der Waals surface area contributed by atoms with Gasteiger partial charge >= 0.3 is 0 Å². The highest BCUT2D eigenvalue weighted by Crippen LogP contribution is 2.21. The Balaban J connectivity index is 1.65. The lowest BCUT2D eigenvalue weighted by molar-refractivity contribution is 0.460. The van der Waals surface area contributed by atoms with E-state index in [-0.39, 0.29) is 0 Å². The van der Waals surface area contributed by atoms with Gasteiger partial charge in [0.2, 0.25) is 0 Å². The van der Waals surface area contributed by atoms with Crippen LogP contribution in [-0.2, 0) is 6.54 Å². The minimum absolute atomic E-state index is 0.427. The lowest BCUT2D eigenvalue weighted by atomic mass is 9.99. The van der Waals surface area contributed by atoms with Crippen molar-refractivity contribution in [2.75, 3.05) is 6.54 Å². The van der Waals surface area contributed by atoms with Gasteiger partial charge in [-0.2, -0.15) is 0 Å². The molecule has 0 aliphatic carbocycles. The first-order valence-electron chi connectivity index (χ1n) is 5.81. The third-order valence-electron chi connectivity index (χ3n) is 3.02. The Morgan fingerprint density at radius 2 is 2.50 bits per heavy atom. The highest BCUT2D eigenvalue weighted by atomic mass is 32.1. The normalized spacial score (nSPS) is 24.7. The Kier molecular flexibility index (Phi) is 3.96. The van der Waals surface area contributed by atoms with Crippen LogP contribution in [0.15, 0.2) is 22.5 Å². The van der Waals surface area contributed by atoms with Gasteiger partial charge in [-0.25, -0.2) is 0 Å². The van der Waals surface area contributed by atoms with E-state index in [1.54, 1.807) is 11.3 Å². The van der Waals surface area contributed by atoms with Crippen LogP contribution in [0.3, 0.4) is 0 Å². The summed E-state index contributed by atoms with van der Waals surface area (Å²) in [6.07, 6.45) is 2.06. The van der Waals surface area contributed by atoms with Gasteiger partial charge in [-0.05, 0) is 30.3 Å². The quantitative estimate of drug-likeness (QED) is 0.770. The molecule has 0 saturated heterocycles. The molecule has 1 aromatic rings. The maximum atomic E-state index is 5.73. The van der Waals surface area contributed by atoms with E-state index in [1.807, 2.05) is 0 Å². The van der Waals surface area contributed by atoms with Gasteiger partial charge in [-0.3, -0.25) is 4.99 Å². The molecule has 16 heavy (non-hydrogen) atoms. The van der Waals surface area contributed by atoms with Gasteiger partial charge in [0.15, 0.2) is 0 Å². The van der Waals surface area contributed by atoms with Gasteiger partial charge in [-0.1, -0.05) is 13.0 Å². The summed E-state index contributed by atoms with van der Waals surface area (Å²) >= 11 is 1.80. The predicted molar refractivity (Wildman–Crippen MR) is 69.8 cm³/mol. The Hall–Kier alpha value is -0.870. The van der Waals surface area contributed by atoms with Crippen LogP contribution >= 0.6 is 11.3 Å². The Labute approximate surface area is 101 Å². The van der Waals surface area contributed by atoms with E-state index in [0.717, 1.165) is 31.8 Å². The number of rotatable bonds is 5. The van der Waals surface area contributed by atoms with Crippen molar-refractivity contribution in [3.8, 4) is 0 Å². The number of hydrogen-bond acceptors (Lipinski definition) is 4. The van der Waals surface area contributed by atoms with Crippen molar-refractivity contribution in [3.05, 3.63) is 22.4 Å². The fourth-order valence-corrected chi connectivity index (χ4v) is 2.76. The van der Waals surface area contributed by atoms with Crippen LogP contribution in [0.5, 0.6) is 0 Å². The molecular weight excluding hydrogens is 218 g/mol. The first kappa shape index (κ1) is 11.6. The molecule has 0 fully saturated rings. The number of nitrogens with two attached hydrogens (primary N) is 1. The lowest BCUT2D eigenvalue weighted by Gasteiger charge is -2.12. The van der Waals surface area contributed by atoms with Crippen LogP contribution in [-0.4, -0.2) is 18.4 Å². The predicted octanol–water partition coefficient (Wildman–Crippen LogP) is 1.99. The highest BCUT2D eigenvalue weighted by Gasteiger charge is 2.23. The van der Waals surface area contributed by atoms with E-state index in [9.17, 15) is 0 Å². The molecule has 0 amide bonds. The van der Waals surface area contributed by atoms with E-state index in [0.29, 0.717) is 12.0 Å². The number of aliphatic imine (C=N–C) groups is 1. The Morgan fingerprint density at radius 1 is 1.62 bits per heavy atom. The summed E-state index contributed by atoms with van der Waals surface area (Å²) < 4.78 is 0. The third-order valence-corrected chi connectivity index (χ3v) is 3.89. The summed E-state index contributed by atoms with van der Waals surface area (Å²) in [7, 11) is 0. The van der Waals surface area contributed by atoms with Gasteiger partial charge in [0, 0.05) is 17.8 Å². The van der Waals surface area contributed by atoms with Crippen LogP contribution < -0.4 is 11.1 Å². The van der Waals surface area contributed by atoms with Crippen LogP contribution in [0.25, 0.3) is 0 Å². The van der Waals surface area contributed by atoms with Gasteiger partial charge in [0.1, 0.15) is 0 Å². The molecule has 0 bridgehead atoms. The summed E-state index contributed by atoms with van der Waals surface area (Å²) in [5, 5.41) is 5.56. The molecule has 0 aromatic carbocycles. The van der Waals surface area contributed by atoms with Gasteiger partial charge in [0.25, 0.3) is 0 Å². The average molecular weight is 237 g/mol. The minimum atomic E-state index is 0.427. The first-order valence-corrected chi connectivity index (χ1v) is 6.69. The van der Waals surface area contributed by atoms with E-state index in [1.165, 1.54) is 4.88 Å². The van der Waals surface area contributed by atoms with Crippen LogP contribution in [0.1, 0.15) is 24.6 Å². The summed E-state index contributed by atoms with van der Waals surface area (Å²) in [5.74, 6) is 1.44. The molecule has 0 spiro atoms. The topological polar surface area (TPSA) is 50.4 Å². The van der Waals surface area contributed by atoms with Crippen molar-refractivity contribution in [2.24, 2.45) is 16.6 Å². The summed E-state index contributed by atoms with van der Waals surface area (Å²) in [6, 6.07) is 4.67. The molecular formula is C12H19N3S. The molecule has 1 aromatic heterocycles.